The molecule has 0 heterocycles. The van der Waals surface area contributed by atoms with Gasteiger partial charge in [0.05, 0.1) is 5.41 Å². The maximum Gasteiger partial charge on any atom is 0.309 e. The number of hydrogen-bond donors (Lipinski definition) is 2. The fraction of sp³-hybridized carbons (Fsp3) is 0.500. The van der Waals surface area contributed by atoms with E-state index in [-0.39, 0.29) is 24.1 Å². The maximum absolute atomic E-state index is 13.1. The zero-order valence-electron chi connectivity index (χ0n) is 12.6. The van der Waals surface area contributed by atoms with Gasteiger partial charge in [-0.05, 0) is 43.9 Å². The molecule has 1 amide bonds. The highest BCUT2D eigenvalue weighted by Gasteiger charge is 2.26. The van der Waals surface area contributed by atoms with Crippen LogP contribution in [0.5, 0.6) is 0 Å². The molecule has 0 aliphatic rings. The van der Waals surface area contributed by atoms with E-state index in [0.29, 0.717) is 13.0 Å². The van der Waals surface area contributed by atoms with Crippen molar-refractivity contribution in [3.63, 3.8) is 0 Å². The molecule has 1 unspecified atom stereocenters. The van der Waals surface area contributed by atoms with Gasteiger partial charge in [0.1, 0.15) is 5.82 Å². The molecule has 1 aromatic carbocycles. The Hall–Kier alpha value is -1.91. The number of hydrogen-bond acceptors (Lipinski definition) is 2. The Bertz CT molecular complexity index is 514. The number of aliphatic carboxylic acids is 1. The van der Waals surface area contributed by atoms with Gasteiger partial charge in [0.25, 0.3) is 0 Å². The van der Waals surface area contributed by atoms with Crippen molar-refractivity contribution in [1.82, 2.24) is 5.32 Å². The Morgan fingerprint density at radius 2 is 2.05 bits per heavy atom. The molecule has 0 radical (unpaired) electrons. The predicted octanol–water partition coefficient (Wildman–Crippen LogP) is 2.94. The van der Waals surface area contributed by atoms with E-state index in [1.165, 1.54) is 12.1 Å². The maximum atomic E-state index is 13.1. The Morgan fingerprint density at radius 3 is 2.62 bits per heavy atom. The van der Waals surface area contributed by atoms with Crippen molar-refractivity contribution < 1.29 is 19.1 Å². The Morgan fingerprint density at radius 1 is 1.38 bits per heavy atom. The van der Waals surface area contributed by atoms with Crippen molar-refractivity contribution in [2.75, 3.05) is 6.54 Å². The number of carbonyl (C=O) groups is 2. The van der Waals surface area contributed by atoms with Crippen LogP contribution in [-0.2, 0) is 9.59 Å². The molecule has 1 atom stereocenters. The second kappa shape index (κ2) is 7.20. The summed E-state index contributed by atoms with van der Waals surface area (Å²) in [5.74, 6) is -1.45. The van der Waals surface area contributed by atoms with Crippen LogP contribution in [0.1, 0.15) is 45.1 Å². The molecule has 0 aliphatic carbocycles. The largest absolute Gasteiger partial charge is 0.481 e. The summed E-state index contributed by atoms with van der Waals surface area (Å²) >= 11 is 0. The normalized spacial score (nSPS) is 12.8. The van der Waals surface area contributed by atoms with E-state index in [1.54, 1.807) is 26.0 Å². The quantitative estimate of drug-likeness (QED) is 0.812. The lowest BCUT2D eigenvalue weighted by molar-refractivity contribution is -0.147. The fourth-order valence-corrected chi connectivity index (χ4v) is 1.90. The van der Waals surface area contributed by atoms with Crippen LogP contribution < -0.4 is 5.32 Å². The van der Waals surface area contributed by atoms with Gasteiger partial charge in [0.2, 0.25) is 5.91 Å². The third-order valence-corrected chi connectivity index (χ3v) is 3.56. The van der Waals surface area contributed by atoms with E-state index >= 15 is 0 Å². The first-order valence-corrected chi connectivity index (χ1v) is 6.98. The van der Waals surface area contributed by atoms with Crippen LogP contribution in [0.3, 0.4) is 0 Å². The number of halogens is 1. The van der Waals surface area contributed by atoms with E-state index in [9.17, 15) is 14.0 Å². The van der Waals surface area contributed by atoms with Crippen molar-refractivity contribution >= 4 is 11.9 Å². The van der Waals surface area contributed by atoms with Crippen LogP contribution >= 0.6 is 0 Å². The number of benzene rings is 1. The van der Waals surface area contributed by atoms with E-state index in [1.807, 2.05) is 6.92 Å². The highest BCUT2D eigenvalue weighted by Crippen LogP contribution is 2.21. The minimum absolute atomic E-state index is 0.0896. The predicted molar refractivity (Wildman–Crippen MR) is 78.5 cm³/mol. The smallest absolute Gasteiger partial charge is 0.309 e. The van der Waals surface area contributed by atoms with Gasteiger partial charge in [-0.1, -0.05) is 19.1 Å². The van der Waals surface area contributed by atoms with Crippen molar-refractivity contribution in [1.29, 1.82) is 0 Å². The first-order chi connectivity index (χ1) is 9.72. The molecule has 1 rings (SSSR count). The summed E-state index contributed by atoms with van der Waals surface area (Å²) in [7, 11) is 0. The van der Waals surface area contributed by atoms with Gasteiger partial charge in [-0.15, -0.1) is 0 Å². The minimum Gasteiger partial charge on any atom is -0.481 e. The molecular weight excluding hydrogens is 273 g/mol. The second-order valence-electron chi connectivity index (χ2n) is 5.95. The Balaban J connectivity index is 2.42. The molecule has 0 aliphatic heterocycles. The highest BCUT2D eigenvalue weighted by molar-refractivity contribution is 5.77. The van der Waals surface area contributed by atoms with Gasteiger partial charge in [0.15, 0.2) is 0 Å². The van der Waals surface area contributed by atoms with E-state index in [4.69, 9.17) is 5.11 Å². The van der Waals surface area contributed by atoms with Crippen molar-refractivity contribution in [3.05, 3.63) is 35.6 Å². The topological polar surface area (TPSA) is 66.4 Å². The molecule has 0 saturated heterocycles. The molecule has 116 valence electrons. The summed E-state index contributed by atoms with van der Waals surface area (Å²) in [6.07, 6.45) is 0.610. The average molecular weight is 295 g/mol. The van der Waals surface area contributed by atoms with Crippen molar-refractivity contribution in [2.24, 2.45) is 5.41 Å². The molecule has 0 spiro atoms. The van der Waals surface area contributed by atoms with Gasteiger partial charge in [-0.25, -0.2) is 4.39 Å². The van der Waals surface area contributed by atoms with Gasteiger partial charge in [0, 0.05) is 13.0 Å². The summed E-state index contributed by atoms with van der Waals surface area (Å²) in [6, 6.07) is 6.19. The van der Waals surface area contributed by atoms with Gasteiger partial charge < -0.3 is 10.4 Å². The summed E-state index contributed by atoms with van der Waals surface area (Å²) in [5.41, 5.74) is -0.0856. The summed E-state index contributed by atoms with van der Waals surface area (Å²) < 4.78 is 13.1. The molecule has 0 aromatic heterocycles. The molecular formula is C16H22FNO3. The number of carboxylic acids is 1. The van der Waals surface area contributed by atoms with Gasteiger partial charge in [-0.2, -0.15) is 0 Å². The van der Waals surface area contributed by atoms with Crippen LogP contribution in [0.4, 0.5) is 4.39 Å². The van der Waals surface area contributed by atoms with Crippen LogP contribution in [0, 0.1) is 11.2 Å². The third kappa shape index (κ3) is 5.53. The summed E-state index contributed by atoms with van der Waals surface area (Å²) in [6.45, 7) is 5.41. The van der Waals surface area contributed by atoms with Crippen LogP contribution in [0.2, 0.25) is 0 Å². The van der Waals surface area contributed by atoms with Crippen molar-refractivity contribution in [2.45, 2.75) is 39.5 Å². The van der Waals surface area contributed by atoms with E-state index < -0.39 is 11.4 Å². The number of carboxylic acid groups (broad SMARTS) is 1. The monoisotopic (exact) mass is 295 g/mol. The molecule has 4 nitrogen and oxygen atoms in total. The molecule has 5 heteroatoms. The average Bonchev–Trinajstić information content (AvgIpc) is 2.38. The zero-order valence-corrected chi connectivity index (χ0v) is 12.6. The zero-order chi connectivity index (χ0) is 16.0. The molecule has 1 aromatic rings. The number of nitrogens with one attached hydrogen (secondary N) is 1. The molecule has 0 saturated carbocycles. The second-order valence-corrected chi connectivity index (χ2v) is 5.95. The van der Waals surface area contributed by atoms with Gasteiger partial charge >= 0.3 is 5.97 Å². The van der Waals surface area contributed by atoms with E-state index in [0.717, 1.165) is 5.56 Å². The van der Waals surface area contributed by atoms with Crippen LogP contribution in [-0.4, -0.2) is 23.5 Å². The Labute approximate surface area is 124 Å². The minimum atomic E-state index is -0.884. The highest BCUT2D eigenvalue weighted by atomic mass is 19.1. The fourth-order valence-electron chi connectivity index (χ4n) is 1.90. The first kappa shape index (κ1) is 17.1. The number of amides is 1. The number of carbonyl (C=O) groups excluding carboxylic acids is 1. The standard InChI is InChI=1S/C16H22FNO3/c1-11(12-5-4-6-13(17)10-12)9-14(19)18-8-7-16(2,3)15(20)21/h4-6,10-11H,7-9H2,1-3H3,(H,18,19)(H,20,21). The molecule has 0 fully saturated rings. The third-order valence-electron chi connectivity index (χ3n) is 3.56. The number of rotatable bonds is 7. The summed E-state index contributed by atoms with van der Waals surface area (Å²) in [4.78, 5) is 22.8. The molecule has 0 bridgehead atoms. The van der Waals surface area contributed by atoms with E-state index in [2.05, 4.69) is 5.32 Å². The van der Waals surface area contributed by atoms with Gasteiger partial charge in [-0.3, -0.25) is 9.59 Å². The first-order valence-electron chi connectivity index (χ1n) is 6.98. The SMILES string of the molecule is CC(CC(=O)NCCC(C)(C)C(=O)O)c1cccc(F)c1. The lowest BCUT2D eigenvalue weighted by Gasteiger charge is -2.19. The lowest BCUT2D eigenvalue weighted by atomic mass is 9.89. The lowest BCUT2D eigenvalue weighted by Crippen LogP contribution is -2.32. The summed E-state index contributed by atoms with van der Waals surface area (Å²) in [5, 5.41) is 11.7. The van der Waals surface area contributed by atoms with Crippen LogP contribution in [0.15, 0.2) is 24.3 Å². The van der Waals surface area contributed by atoms with Crippen molar-refractivity contribution in [3.8, 4) is 0 Å². The van der Waals surface area contributed by atoms with Crippen LogP contribution in [0.25, 0.3) is 0 Å². The molecule has 2 N–H and O–H groups in total. The Kier molecular flexibility index (Phi) is 5.88. The molecule has 21 heavy (non-hydrogen) atoms.